The number of benzene rings is 2. The summed E-state index contributed by atoms with van der Waals surface area (Å²) in [6, 6.07) is 16.7. The molecule has 0 radical (unpaired) electrons. The zero-order valence-electron chi connectivity index (χ0n) is 19.7. The Morgan fingerprint density at radius 3 is 2.25 bits per heavy atom. The second-order valence-corrected chi connectivity index (χ2v) is 10.3. The van der Waals surface area contributed by atoms with Crippen molar-refractivity contribution in [1.29, 1.82) is 0 Å². The summed E-state index contributed by atoms with van der Waals surface area (Å²) in [7, 11) is 4.09. The summed E-state index contributed by atoms with van der Waals surface area (Å²) in [5.41, 5.74) is 7.08. The van der Waals surface area contributed by atoms with Crippen LogP contribution in [-0.4, -0.2) is 35.3 Å². The fraction of sp³-hybridized carbons (Fsp3) is 0.357. The number of para-hydroxylation sites is 2. The maximum Gasteiger partial charge on any atom is 0.209 e. The van der Waals surface area contributed by atoms with Crippen LogP contribution in [0.2, 0.25) is 0 Å². The number of ketones is 1. The van der Waals surface area contributed by atoms with Crippen molar-refractivity contribution < 1.29 is 14.5 Å². The van der Waals surface area contributed by atoms with E-state index in [4.69, 9.17) is 0 Å². The SMILES string of the molecule is CN1/C(=C/C2=C(O)C(CC3=[N+](C)c4ccccc4C3(C)C)C2=O)C(C)(C)c2ccccc21. The molecule has 0 aromatic heterocycles. The van der Waals surface area contributed by atoms with Gasteiger partial charge in [-0.15, -0.1) is 0 Å². The highest BCUT2D eigenvalue weighted by molar-refractivity contribution is 6.11. The van der Waals surface area contributed by atoms with Crippen LogP contribution >= 0.6 is 0 Å². The highest BCUT2D eigenvalue weighted by atomic mass is 16.3. The standard InChI is InChI=1S/C28H30N2O2/c1-27(2)19-11-7-9-13-21(19)29(5)23(27)15-17-25(31)18(26(17)32)16-24-28(3,4)20-12-8-10-14-22(20)30(24)6/h7-15,18H,16H2,1-6H3/p+1/b23-15+. The number of likely N-dealkylation sites (N-methyl/N-ethyl adjacent to an activating group) is 1. The molecule has 4 nitrogen and oxygen atoms in total. The summed E-state index contributed by atoms with van der Waals surface area (Å²) in [4.78, 5) is 15.4. The van der Waals surface area contributed by atoms with Gasteiger partial charge in [-0.2, -0.15) is 0 Å². The first-order valence-electron chi connectivity index (χ1n) is 11.3. The minimum Gasteiger partial charge on any atom is -0.511 e. The summed E-state index contributed by atoms with van der Waals surface area (Å²) in [5, 5.41) is 11.0. The van der Waals surface area contributed by atoms with Crippen molar-refractivity contribution >= 4 is 22.9 Å². The van der Waals surface area contributed by atoms with Crippen molar-refractivity contribution in [2.45, 2.75) is 44.9 Å². The molecule has 2 aromatic rings. The molecule has 0 fully saturated rings. The van der Waals surface area contributed by atoms with Crippen LogP contribution in [0.25, 0.3) is 0 Å². The van der Waals surface area contributed by atoms with Crippen LogP contribution in [0.5, 0.6) is 0 Å². The van der Waals surface area contributed by atoms with Gasteiger partial charge >= 0.3 is 0 Å². The first-order chi connectivity index (χ1) is 15.1. The van der Waals surface area contributed by atoms with Crippen LogP contribution in [-0.2, 0) is 15.6 Å². The molecule has 0 saturated carbocycles. The largest absolute Gasteiger partial charge is 0.511 e. The molecule has 3 aliphatic rings. The Hall–Kier alpha value is -3.14. The number of Topliss-reactive ketones (excluding diaryl/α,β-unsaturated/α-hetero) is 1. The maximum absolute atomic E-state index is 13.2. The minimum atomic E-state index is -0.468. The lowest BCUT2D eigenvalue weighted by Crippen LogP contribution is -2.38. The number of carbonyl (C=O) groups excluding carboxylic acids is 1. The van der Waals surface area contributed by atoms with Crippen LogP contribution < -0.4 is 4.90 Å². The molecule has 0 bridgehead atoms. The van der Waals surface area contributed by atoms with Crippen LogP contribution in [0.4, 0.5) is 11.4 Å². The zero-order chi connectivity index (χ0) is 23.0. The van der Waals surface area contributed by atoms with Crippen LogP contribution in [0.15, 0.2) is 71.6 Å². The van der Waals surface area contributed by atoms with E-state index in [1.165, 1.54) is 22.5 Å². The van der Waals surface area contributed by atoms with Gasteiger partial charge in [0.2, 0.25) is 5.69 Å². The molecule has 0 amide bonds. The van der Waals surface area contributed by atoms with E-state index in [-0.39, 0.29) is 22.4 Å². The Morgan fingerprint density at radius 1 is 1.00 bits per heavy atom. The molecule has 0 spiro atoms. The predicted molar refractivity (Wildman–Crippen MR) is 129 cm³/mol. The topological polar surface area (TPSA) is 43.5 Å². The number of aliphatic hydroxyl groups excluding tert-OH is 1. The van der Waals surface area contributed by atoms with Gasteiger partial charge in [-0.05, 0) is 31.6 Å². The van der Waals surface area contributed by atoms with E-state index < -0.39 is 5.92 Å². The first kappa shape index (κ1) is 20.7. The number of fused-ring (bicyclic) bond motifs is 2. The normalized spacial score (nSPS) is 24.2. The molecule has 1 aliphatic carbocycles. The second-order valence-electron chi connectivity index (χ2n) is 10.3. The van der Waals surface area contributed by atoms with E-state index in [0.29, 0.717) is 12.0 Å². The number of hydrogen-bond donors (Lipinski definition) is 1. The number of allylic oxidation sites excluding steroid dienone is 4. The van der Waals surface area contributed by atoms with Gasteiger partial charge < -0.3 is 10.0 Å². The average Bonchev–Trinajstić information content (AvgIpc) is 3.09. The highest BCUT2D eigenvalue weighted by Gasteiger charge is 2.49. The van der Waals surface area contributed by atoms with Gasteiger partial charge in [0, 0.05) is 41.9 Å². The van der Waals surface area contributed by atoms with E-state index in [1.54, 1.807) is 0 Å². The highest BCUT2D eigenvalue weighted by Crippen LogP contribution is 2.49. The molecule has 0 saturated heterocycles. The van der Waals surface area contributed by atoms with Crippen molar-refractivity contribution in [2.75, 3.05) is 19.0 Å². The summed E-state index contributed by atoms with van der Waals surface area (Å²) in [6.07, 6.45) is 2.44. The van der Waals surface area contributed by atoms with Crippen molar-refractivity contribution in [3.05, 3.63) is 82.8 Å². The molecule has 2 heterocycles. The molecule has 32 heavy (non-hydrogen) atoms. The monoisotopic (exact) mass is 427 g/mol. The molecule has 1 N–H and O–H groups in total. The van der Waals surface area contributed by atoms with Gasteiger partial charge in [0.15, 0.2) is 11.5 Å². The molecule has 2 aromatic carbocycles. The van der Waals surface area contributed by atoms with Gasteiger partial charge in [-0.25, -0.2) is 4.58 Å². The molecule has 164 valence electrons. The number of hydrogen-bond acceptors (Lipinski definition) is 3. The molecular formula is C28H31N2O2+. The minimum absolute atomic E-state index is 0.0304. The molecule has 1 atom stereocenters. The zero-order valence-corrected chi connectivity index (χ0v) is 19.7. The van der Waals surface area contributed by atoms with Crippen molar-refractivity contribution in [3.63, 3.8) is 0 Å². The summed E-state index contributed by atoms with van der Waals surface area (Å²) < 4.78 is 2.19. The van der Waals surface area contributed by atoms with Gasteiger partial charge in [-0.3, -0.25) is 4.79 Å². The summed E-state index contributed by atoms with van der Waals surface area (Å²) >= 11 is 0. The lowest BCUT2D eigenvalue weighted by atomic mass is 9.72. The lowest BCUT2D eigenvalue weighted by Gasteiger charge is -2.30. The van der Waals surface area contributed by atoms with Crippen LogP contribution in [0.1, 0.15) is 45.2 Å². The molecular weight excluding hydrogens is 396 g/mol. The van der Waals surface area contributed by atoms with Crippen molar-refractivity contribution in [1.82, 2.24) is 0 Å². The van der Waals surface area contributed by atoms with Gasteiger partial charge in [0.05, 0.1) is 16.9 Å². The van der Waals surface area contributed by atoms with E-state index in [0.717, 1.165) is 11.4 Å². The van der Waals surface area contributed by atoms with Crippen LogP contribution in [0.3, 0.4) is 0 Å². The molecule has 1 unspecified atom stereocenters. The fourth-order valence-electron chi connectivity index (χ4n) is 5.88. The van der Waals surface area contributed by atoms with E-state index in [2.05, 4.69) is 74.5 Å². The van der Waals surface area contributed by atoms with Crippen molar-refractivity contribution in [3.8, 4) is 0 Å². The molecule has 4 heteroatoms. The third-order valence-electron chi connectivity index (χ3n) is 7.87. The number of carbonyl (C=O) groups is 1. The van der Waals surface area contributed by atoms with Gasteiger partial charge in [-0.1, -0.05) is 50.2 Å². The predicted octanol–water partition coefficient (Wildman–Crippen LogP) is 5.41. The summed E-state index contributed by atoms with van der Waals surface area (Å²) in [5.74, 6) is -0.219. The Kier molecular flexibility index (Phi) is 4.33. The second kappa shape index (κ2) is 6.68. The van der Waals surface area contributed by atoms with E-state index in [1.807, 2.05) is 31.3 Å². The smallest absolute Gasteiger partial charge is 0.209 e. The molecule has 5 rings (SSSR count). The van der Waals surface area contributed by atoms with Crippen molar-refractivity contribution in [2.24, 2.45) is 5.92 Å². The Bertz CT molecular complexity index is 1260. The third-order valence-corrected chi connectivity index (χ3v) is 7.87. The fourth-order valence-corrected chi connectivity index (χ4v) is 5.88. The third kappa shape index (κ3) is 2.62. The average molecular weight is 428 g/mol. The lowest BCUT2D eigenvalue weighted by molar-refractivity contribution is -0.404. The molecule has 2 aliphatic heterocycles. The Balaban J connectivity index is 1.47. The van der Waals surface area contributed by atoms with Crippen LogP contribution in [0, 0.1) is 5.92 Å². The van der Waals surface area contributed by atoms with Gasteiger partial charge in [0.1, 0.15) is 12.8 Å². The number of nitrogens with zero attached hydrogens (tertiary/aromatic N) is 2. The number of anilines is 1. The summed E-state index contributed by atoms with van der Waals surface area (Å²) in [6.45, 7) is 8.74. The van der Waals surface area contributed by atoms with Gasteiger partial charge in [0.25, 0.3) is 0 Å². The number of rotatable bonds is 3. The van der Waals surface area contributed by atoms with E-state index >= 15 is 0 Å². The maximum atomic E-state index is 13.2. The Labute approximate surface area is 190 Å². The number of aliphatic hydroxyl groups is 1. The first-order valence-corrected chi connectivity index (χ1v) is 11.3. The van der Waals surface area contributed by atoms with E-state index in [9.17, 15) is 9.90 Å². The quantitative estimate of drug-likeness (QED) is 0.667. The Morgan fingerprint density at radius 2 is 1.62 bits per heavy atom.